The highest BCUT2D eigenvalue weighted by Gasteiger charge is 2.15. The van der Waals surface area contributed by atoms with Crippen LogP contribution in [0.5, 0.6) is 0 Å². The zero-order valence-electron chi connectivity index (χ0n) is 13.1. The zero-order chi connectivity index (χ0) is 14.4. The number of halogens is 2. The van der Waals surface area contributed by atoms with Gasteiger partial charge in [0.05, 0.1) is 0 Å². The van der Waals surface area contributed by atoms with Crippen molar-refractivity contribution in [2.24, 2.45) is 5.73 Å². The highest BCUT2D eigenvalue weighted by Crippen LogP contribution is 2.11. The van der Waals surface area contributed by atoms with Crippen molar-refractivity contribution < 1.29 is 4.79 Å². The predicted molar refractivity (Wildman–Crippen MR) is 95.9 cm³/mol. The summed E-state index contributed by atoms with van der Waals surface area (Å²) in [7, 11) is 0. The van der Waals surface area contributed by atoms with Gasteiger partial charge in [0, 0.05) is 6.54 Å². The number of benzene rings is 1. The molecule has 6 heteroatoms. The van der Waals surface area contributed by atoms with Crippen LogP contribution >= 0.6 is 24.8 Å². The number of rotatable bonds is 6. The van der Waals surface area contributed by atoms with Crippen LogP contribution in [-0.4, -0.2) is 37.0 Å². The Bertz CT molecular complexity index is 434. The monoisotopic (exact) mass is 347 g/mol. The number of aryl methyl sites for hydroxylation is 1. The first-order chi connectivity index (χ1) is 9.66. The van der Waals surface area contributed by atoms with Crippen molar-refractivity contribution in [2.75, 3.05) is 26.2 Å². The molecular formula is C16H27Cl2N3O. The number of nitrogens with zero attached hydrogens (tertiary/aromatic N) is 1. The smallest absolute Gasteiger partial charge is 0.241 e. The Morgan fingerprint density at radius 1 is 1.23 bits per heavy atom. The third-order valence-electron chi connectivity index (χ3n) is 3.87. The van der Waals surface area contributed by atoms with Crippen molar-refractivity contribution >= 4 is 30.7 Å². The minimum absolute atomic E-state index is 0. The molecule has 1 aromatic rings. The van der Waals surface area contributed by atoms with Crippen LogP contribution in [0.1, 0.15) is 36.4 Å². The summed E-state index contributed by atoms with van der Waals surface area (Å²) in [4.78, 5) is 14.4. The molecule has 1 aliphatic heterocycles. The lowest BCUT2D eigenvalue weighted by molar-refractivity contribution is -0.122. The number of carbonyl (C=O) groups excluding carboxylic acids is 1. The summed E-state index contributed by atoms with van der Waals surface area (Å²) in [6.45, 7) is 6.20. The van der Waals surface area contributed by atoms with Gasteiger partial charge in [-0.2, -0.15) is 0 Å². The number of hydrogen-bond acceptors (Lipinski definition) is 3. The number of amides is 1. The SMILES string of the molecule is Cc1ccc(C(N)C(=O)NCCCN2CCCC2)cc1.Cl.Cl. The van der Waals surface area contributed by atoms with Gasteiger partial charge in [0.15, 0.2) is 0 Å². The van der Waals surface area contributed by atoms with E-state index in [9.17, 15) is 4.79 Å². The fraction of sp³-hybridized carbons (Fsp3) is 0.562. The fourth-order valence-corrected chi connectivity index (χ4v) is 2.56. The van der Waals surface area contributed by atoms with Gasteiger partial charge in [-0.15, -0.1) is 24.8 Å². The average molecular weight is 348 g/mol. The van der Waals surface area contributed by atoms with Gasteiger partial charge in [-0.05, 0) is 51.4 Å². The van der Waals surface area contributed by atoms with Crippen molar-refractivity contribution in [3.05, 3.63) is 35.4 Å². The van der Waals surface area contributed by atoms with E-state index < -0.39 is 6.04 Å². The highest BCUT2D eigenvalue weighted by molar-refractivity contribution is 5.85. The van der Waals surface area contributed by atoms with E-state index in [1.807, 2.05) is 31.2 Å². The van der Waals surface area contributed by atoms with Crippen molar-refractivity contribution in [2.45, 2.75) is 32.2 Å². The Morgan fingerprint density at radius 2 is 1.82 bits per heavy atom. The third kappa shape index (κ3) is 6.53. The molecular weight excluding hydrogens is 321 g/mol. The molecule has 0 aliphatic carbocycles. The molecule has 1 aromatic carbocycles. The minimum Gasteiger partial charge on any atom is -0.354 e. The molecule has 1 heterocycles. The van der Waals surface area contributed by atoms with E-state index in [1.54, 1.807) is 0 Å². The van der Waals surface area contributed by atoms with Crippen LogP contribution in [0, 0.1) is 6.92 Å². The molecule has 2 rings (SSSR count). The maximum Gasteiger partial charge on any atom is 0.241 e. The first-order valence-electron chi connectivity index (χ1n) is 7.49. The number of nitrogens with two attached hydrogens (primary N) is 1. The van der Waals surface area contributed by atoms with Gasteiger partial charge in [-0.3, -0.25) is 4.79 Å². The molecule has 0 spiro atoms. The lowest BCUT2D eigenvalue weighted by Crippen LogP contribution is -2.35. The third-order valence-corrected chi connectivity index (χ3v) is 3.87. The second-order valence-electron chi connectivity index (χ2n) is 5.58. The standard InChI is InChI=1S/C16H25N3O.2ClH/c1-13-5-7-14(8-6-13)15(17)16(20)18-9-4-12-19-10-2-3-11-19;;/h5-8,15H,2-4,9-12,17H2,1H3,(H,18,20);2*1H. The van der Waals surface area contributed by atoms with Gasteiger partial charge in [0.2, 0.25) is 5.91 Å². The van der Waals surface area contributed by atoms with Crippen LogP contribution in [0.15, 0.2) is 24.3 Å². The lowest BCUT2D eigenvalue weighted by Gasteiger charge is -2.16. The minimum atomic E-state index is -0.567. The number of likely N-dealkylation sites (tertiary alicyclic amines) is 1. The largest absolute Gasteiger partial charge is 0.354 e. The van der Waals surface area contributed by atoms with Crippen molar-refractivity contribution in [1.29, 1.82) is 0 Å². The van der Waals surface area contributed by atoms with Crippen LogP contribution in [0.25, 0.3) is 0 Å². The number of carbonyl (C=O) groups is 1. The zero-order valence-corrected chi connectivity index (χ0v) is 14.7. The van der Waals surface area contributed by atoms with Crippen LogP contribution in [0.2, 0.25) is 0 Å². The number of nitrogens with one attached hydrogen (secondary N) is 1. The second kappa shape index (κ2) is 10.8. The van der Waals surface area contributed by atoms with E-state index in [-0.39, 0.29) is 30.7 Å². The van der Waals surface area contributed by atoms with Gasteiger partial charge >= 0.3 is 0 Å². The Balaban J connectivity index is 0.00000220. The molecule has 1 saturated heterocycles. The molecule has 126 valence electrons. The maximum atomic E-state index is 12.0. The summed E-state index contributed by atoms with van der Waals surface area (Å²) in [6, 6.07) is 7.24. The summed E-state index contributed by atoms with van der Waals surface area (Å²) in [5.41, 5.74) is 8.01. The van der Waals surface area contributed by atoms with Crippen molar-refractivity contribution in [3.8, 4) is 0 Å². The molecule has 0 saturated carbocycles. The lowest BCUT2D eigenvalue weighted by atomic mass is 10.1. The molecule has 1 aliphatic rings. The molecule has 4 nitrogen and oxygen atoms in total. The average Bonchev–Trinajstić information content (AvgIpc) is 2.96. The first kappa shape index (κ1) is 21.2. The van der Waals surface area contributed by atoms with E-state index in [2.05, 4.69) is 10.2 Å². The van der Waals surface area contributed by atoms with Crippen molar-refractivity contribution in [1.82, 2.24) is 10.2 Å². The van der Waals surface area contributed by atoms with E-state index in [0.717, 1.165) is 18.5 Å². The quantitative estimate of drug-likeness (QED) is 0.777. The Kier molecular flexibility index (Phi) is 10.4. The van der Waals surface area contributed by atoms with E-state index in [0.29, 0.717) is 6.54 Å². The summed E-state index contributed by atoms with van der Waals surface area (Å²) in [5.74, 6) is -0.0877. The molecule has 1 unspecified atom stereocenters. The fourth-order valence-electron chi connectivity index (χ4n) is 2.56. The predicted octanol–water partition coefficient (Wildman–Crippen LogP) is 2.44. The second-order valence-corrected chi connectivity index (χ2v) is 5.58. The van der Waals surface area contributed by atoms with Crippen LogP contribution in [0.4, 0.5) is 0 Å². The molecule has 0 bridgehead atoms. The molecule has 0 aromatic heterocycles. The van der Waals surface area contributed by atoms with Gasteiger partial charge < -0.3 is 16.0 Å². The molecule has 1 fully saturated rings. The normalized spacial score (nSPS) is 15.5. The Hall–Kier alpha value is -0.810. The summed E-state index contributed by atoms with van der Waals surface area (Å²) in [5, 5.41) is 2.93. The van der Waals surface area contributed by atoms with Gasteiger partial charge in [-0.1, -0.05) is 29.8 Å². The maximum absolute atomic E-state index is 12.0. The summed E-state index contributed by atoms with van der Waals surface area (Å²) < 4.78 is 0. The summed E-state index contributed by atoms with van der Waals surface area (Å²) in [6.07, 6.45) is 3.61. The molecule has 1 atom stereocenters. The van der Waals surface area contributed by atoms with Crippen molar-refractivity contribution in [3.63, 3.8) is 0 Å². The van der Waals surface area contributed by atoms with E-state index in [1.165, 1.54) is 31.5 Å². The van der Waals surface area contributed by atoms with Crippen LogP contribution in [-0.2, 0) is 4.79 Å². The number of hydrogen-bond donors (Lipinski definition) is 2. The Morgan fingerprint density at radius 3 is 2.41 bits per heavy atom. The first-order valence-corrected chi connectivity index (χ1v) is 7.49. The highest BCUT2D eigenvalue weighted by atomic mass is 35.5. The molecule has 3 N–H and O–H groups in total. The molecule has 1 amide bonds. The van der Waals surface area contributed by atoms with E-state index in [4.69, 9.17) is 5.73 Å². The molecule has 0 radical (unpaired) electrons. The van der Waals surface area contributed by atoms with Crippen LogP contribution in [0.3, 0.4) is 0 Å². The van der Waals surface area contributed by atoms with Gasteiger partial charge in [0.1, 0.15) is 6.04 Å². The summed E-state index contributed by atoms with van der Waals surface area (Å²) >= 11 is 0. The Labute approximate surface area is 145 Å². The topological polar surface area (TPSA) is 58.4 Å². The van der Waals surface area contributed by atoms with Crippen LogP contribution < -0.4 is 11.1 Å². The van der Waals surface area contributed by atoms with Gasteiger partial charge in [-0.25, -0.2) is 0 Å². The van der Waals surface area contributed by atoms with Gasteiger partial charge in [0.25, 0.3) is 0 Å². The van der Waals surface area contributed by atoms with E-state index >= 15 is 0 Å². The molecule has 22 heavy (non-hydrogen) atoms.